The lowest BCUT2D eigenvalue weighted by Crippen LogP contribution is -2.17. The lowest BCUT2D eigenvalue weighted by Gasteiger charge is -2.20. The molecule has 1 aliphatic rings. The number of hydrogen-bond acceptors (Lipinski definition) is 1. The topological polar surface area (TPSA) is 3.24 Å². The zero-order valence-electron chi connectivity index (χ0n) is 8.30. The molecule has 1 aliphatic heterocycles. The van der Waals surface area contributed by atoms with Gasteiger partial charge in [-0.2, -0.15) is 0 Å². The van der Waals surface area contributed by atoms with Crippen LogP contribution in [0.25, 0.3) is 0 Å². The number of anilines is 1. The Labute approximate surface area is 79.7 Å². The molecule has 0 fully saturated rings. The van der Waals surface area contributed by atoms with E-state index in [0.29, 0.717) is 0 Å². The number of rotatable bonds is 1. The van der Waals surface area contributed by atoms with E-state index in [1.807, 2.05) is 0 Å². The van der Waals surface area contributed by atoms with Crippen molar-refractivity contribution < 1.29 is 0 Å². The molecule has 68 valence electrons. The van der Waals surface area contributed by atoms with Crippen LogP contribution >= 0.6 is 0 Å². The Kier molecular flexibility index (Phi) is 1.87. The molecular weight excluding hydrogens is 158 g/mol. The van der Waals surface area contributed by atoms with Gasteiger partial charge in [0.15, 0.2) is 0 Å². The monoisotopic (exact) mass is 173 g/mol. The molecule has 1 aromatic rings. The first-order valence-electron chi connectivity index (χ1n) is 4.71. The van der Waals surface area contributed by atoms with E-state index >= 15 is 0 Å². The summed E-state index contributed by atoms with van der Waals surface area (Å²) in [6.07, 6.45) is 1.16. The van der Waals surface area contributed by atoms with E-state index < -0.39 is 0 Å². The second kappa shape index (κ2) is 2.91. The van der Waals surface area contributed by atoms with Crippen LogP contribution in [0.4, 0.5) is 5.69 Å². The second-order valence-corrected chi connectivity index (χ2v) is 3.72. The first-order valence-corrected chi connectivity index (χ1v) is 4.71. The predicted octanol–water partition coefficient (Wildman–Crippen LogP) is 2.89. The molecule has 1 heterocycles. The van der Waals surface area contributed by atoms with Crippen molar-refractivity contribution in [1.29, 1.82) is 0 Å². The fraction of sp³-hybridized carbons (Fsp3) is 0.333. The average molecular weight is 173 g/mol. The van der Waals surface area contributed by atoms with Gasteiger partial charge in [0.25, 0.3) is 0 Å². The number of nitrogens with zero attached hydrogens (tertiary/aromatic N) is 1. The predicted molar refractivity (Wildman–Crippen MR) is 57.0 cm³/mol. The minimum Gasteiger partial charge on any atom is -0.345 e. The van der Waals surface area contributed by atoms with Gasteiger partial charge in [-0.25, -0.2) is 0 Å². The van der Waals surface area contributed by atoms with Crippen LogP contribution in [0.5, 0.6) is 0 Å². The van der Waals surface area contributed by atoms with Gasteiger partial charge in [0.2, 0.25) is 0 Å². The van der Waals surface area contributed by atoms with E-state index in [2.05, 4.69) is 43.5 Å². The molecule has 0 saturated carbocycles. The summed E-state index contributed by atoms with van der Waals surface area (Å²) < 4.78 is 0. The average Bonchev–Trinajstić information content (AvgIpc) is 2.49. The van der Waals surface area contributed by atoms with Crippen molar-refractivity contribution in [1.82, 2.24) is 0 Å². The highest BCUT2D eigenvalue weighted by molar-refractivity contribution is 5.65. The third-order valence-corrected chi connectivity index (χ3v) is 2.66. The molecule has 1 nitrogen and oxygen atoms in total. The molecule has 0 aromatic heterocycles. The molecule has 0 aliphatic carbocycles. The Hall–Kier alpha value is -1.24. The summed E-state index contributed by atoms with van der Waals surface area (Å²) in [5.74, 6) is 0. The minimum atomic E-state index is 1.09. The zero-order valence-corrected chi connectivity index (χ0v) is 8.30. The Morgan fingerprint density at radius 2 is 2.23 bits per heavy atom. The smallest absolute Gasteiger partial charge is 0.0470 e. The van der Waals surface area contributed by atoms with Gasteiger partial charge >= 0.3 is 0 Å². The van der Waals surface area contributed by atoms with Crippen molar-refractivity contribution >= 4 is 5.69 Å². The van der Waals surface area contributed by atoms with Gasteiger partial charge in [-0.3, -0.25) is 0 Å². The molecular formula is C12H15N. The Morgan fingerprint density at radius 1 is 1.46 bits per heavy atom. The quantitative estimate of drug-likeness (QED) is 0.631. The van der Waals surface area contributed by atoms with Gasteiger partial charge in [-0.1, -0.05) is 24.8 Å². The van der Waals surface area contributed by atoms with Gasteiger partial charge in [-0.05, 0) is 31.4 Å². The molecule has 0 radical (unpaired) electrons. The van der Waals surface area contributed by atoms with Gasteiger partial charge in [-0.15, -0.1) is 0 Å². The highest BCUT2D eigenvalue weighted by atomic mass is 15.2. The molecule has 13 heavy (non-hydrogen) atoms. The van der Waals surface area contributed by atoms with Gasteiger partial charge in [0.05, 0.1) is 0 Å². The fourth-order valence-corrected chi connectivity index (χ4v) is 2.03. The minimum absolute atomic E-state index is 1.09. The van der Waals surface area contributed by atoms with Crippen LogP contribution in [-0.4, -0.2) is 6.54 Å². The van der Waals surface area contributed by atoms with Crippen molar-refractivity contribution in [2.75, 3.05) is 11.4 Å². The first-order chi connectivity index (χ1) is 6.20. The Bertz CT molecular complexity index is 352. The van der Waals surface area contributed by atoms with E-state index in [9.17, 15) is 0 Å². The summed E-state index contributed by atoms with van der Waals surface area (Å²) in [5.41, 5.74) is 5.35. The lowest BCUT2D eigenvalue weighted by atomic mass is 10.1. The standard InChI is InChI=1S/C12H15N/c1-9(2)13-8-7-11-6-4-5-10(3)12(11)13/h4-6H,1,7-8H2,2-3H3. The molecule has 1 aromatic carbocycles. The van der Waals surface area contributed by atoms with Crippen molar-refractivity contribution in [3.05, 3.63) is 41.6 Å². The van der Waals surface area contributed by atoms with Gasteiger partial charge in [0, 0.05) is 17.9 Å². The van der Waals surface area contributed by atoms with Gasteiger partial charge < -0.3 is 4.90 Å². The van der Waals surface area contributed by atoms with Crippen molar-refractivity contribution in [3.8, 4) is 0 Å². The molecule has 0 bridgehead atoms. The van der Waals surface area contributed by atoms with Crippen LogP contribution in [0.1, 0.15) is 18.1 Å². The summed E-state index contributed by atoms with van der Waals surface area (Å²) in [6.45, 7) is 9.33. The number of hydrogen-bond donors (Lipinski definition) is 0. The van der Waals surface area contributed by atoms with Crippen LogP contribution in [0.2, 0.25) is 0 Å². The maximum atomic E-state index is 4.00. The van der Waals surface area contributed by atoms with Crippen LogP contribution in [-0.2, 0) is 6.42 Å². The van der Waals surface area contributed by atoms with Crippen molar-refractivity contribution in [2.45, 2.75) is 20.3 Å². The second-order valence-electron chi connectivity index (χ2n) is 3.72. The van der Waals surface area contributed by atoms with E-state index in [1.165, 1.54) is 16.8 Å². The number of benzene rings is 1. The van der Waals surface area contributed by atoms with Gasteiger partial charge in [0.1, 0.15) is 0 Å². The summed E-state index contributed by atoms with van der Waals surface area (Å²) in [4.78, 5) is 2.31. The maximum absolute atomic E-state index is 4.00. The number of fused-ring (bicyclic) bond motifs is 1. The van der Waals surface area contributed by atoms with Crippen LogP contribution in [0.15, 0.2) is 30.5 Å². The summed E-state index contributed by atoms with van der Waals surface area (Å²) in [5, 5.41) is 0. The van der Waals surface area contributed by atoms with E-state index in [4.69, 9.17) is 0 Å². The number of aryl methyl sites for hydroxylation is 1. The zero-order chi connectivity index (χ0) is 9.42. The van der Waals surface area contributed by atoms with Crippen LogP contribution < -0.4 is 4.90 Å². The van der Waals surface area contributed by atoms with E-state index in [-0.39, 0.29) is 0 Å². The van der Waals surface area contributed by atoms with Crippen LogP contribution in [0.3, 0.4) is 0 Å². The Balaban J connectivity index is 2.52. The molecule has 0 amide bonds. The third kappa shape index (κ3) is 1.24. The summed E-state index contributed by atoms with van der Waals surface area (Å²) in [7, 11) is 0. The summed E-state index contributed by atoms with van der Waals surface area (Å²) >= 11 is 0. The highest BCUT2D eigenvalue weighted by Crippen LogP contribution is 2.33. The normalized spacial score (nSPS) is 14.5. The summed E-state index contributed by atoms with van der Waals surface area (Å²) in [6, 6.07) is 6.52. The van der Waals surface area contributed by atoms with E-state index in [1.54, 1.807) is 0 Å². The number of para-hydroxylation sites is 1. The van der Waals surface area contributed by atoms with Crippen LogP contribution in [0, 0.1) is 6.92 Å². The largest absolute Gasteiger partial charge is 0.345 e. The van der Waals surface area contributed by atoms with E-state index in [0.717, 1.165) is 18.7 Å². The molecule has 0 spiro atoms. The SMILES string of the molecule is C=C(C)N1CCc2cccc(C)c21. The number of allylic oxidation sites excluding steroid dienone is 1. The lowest BCUT2D eigenvalue weighted by molar-refractivity contribution is 0.946. The molecule has 0 saturated heterocycles. The third-order valence-electron chi connectivity index (χ3n) is 2.66. The molecule has 0 atom stereocenters. The maximum Gasteiger partial charge on any atom is 0.0470 e. The first kappa shape index (κ1) is 8.36. The molecule has 0 unspecified atom stereocenters. The molecule has 1 heteroatoms. The van der Waals surface area contributed by atoms with Crippen molar-refractivity contribution in [2.24, 2.45) is 0 Å². The van der Waals surface area contributed by atoms with Crippen molar-refractivity contribution in [3.63, 3.8) is 0 Å². The fourth-order valence-electron chi connectivity index (χ4n) is 2.03. The Morgan fingerprint density at radius 3 is 2.92 bits per heavy atom. The molecule has 2 rings (SSSR count). The highest BCUT2D eigenvalue weighted by Gasteiger charge is 2.20. The molecule has 0 N–H and O–H groups in total.